The van der Waals surface area contributed by atoms with Crippen LogP contribution in [0.15, 0.2) is 36.7 Å². The van der Waals surface area contributed by atoms with Crippen LogP contribution < -0.4 is 14.8 Å². The zero-order valence-electron chi connectivity index (χ0n) is 18.6. The third-order valence-corrected chi connectivity index (χ3v) is 7.51. The number of nitrogens with one attached hydrogen (secondary N) is 1. The molecule has 2 aliphatic rings. The maximum Gasteiger partial charge on any atom is 0.163 e. The second kappa shape index (κ2) is 10.1. The molecule has 2 aromatic carbocycles. The van der Waals surface area contributed by atoms with Crippen LogP contribution in [0, 0.1) is 5.92 Å². The van der Waals surface area contributed by atoms with Gasteiger partial charge in [-0.2, -0.15) is 0 Å². The first kappa shape index (κ1) is 24.1. The summed E-state index contributed by atoms with van der Waals surface area (Å²) in [6.45, 7) is 0.697. The van der Waals surface area contributed by atoms with Crippen molar-refractivity contribution >= 4 is 58.0 Å². The lowest BCUT2D eigenvalue weighted by atomic mass is 9.92. The molecule has 2 bridgehead atoms. The van der Waals surface area contributed by atoms with Gasteiger partial charge >= 0.3 is 0 Å². The quantitative estimate of drug-likeness (QED) is 0.417. The molecule has 0 radical (unpaired) electrons. The van der Waals surface area contributed by atoms with Crippen molar-refractivity contribution in [1.82, 2.24) is 14.9 Å². The lowest BCUT2D eigenvalue weighted by Crippen LogP contribution is -2.41. The third-order valence-electron chi connectivity index (χ3n) is 6.77. The van der Waals surface area contributed by atoms with Gasteiger partial charge in [0.15, 0.2) is 11.5 Å². The molecule has 5 rings (SSSR count). The van der Waals surface area contributed by atoms with Gasteiger partial charge < -0.3 is 19.7 Å². The van der Waals surface area contributed by atoms with Gasteiger partial charge in [-0.25, -0.2) is 9.97 Å². The first-order chi connectivity index (χ1) is 15.5. The van der Waals surface area contributed by atoms with E-state index in [0.717, 1.165) is 16.6 Å². The van der Waals surface area contributed by atoms with Crippen molar-refractivity contribution in [2.24, 2.45) is 5.92 Å². The Morgan fingerprint density at radius 3 is 2.48 bits per heavy atom. The van der Waals surface area contributed by atoms with E-state index in [4.69, 9.17) is 32.7 Å². The van der Waals surface area contributed by atoms with Gasteiger partial charge in [-0.15, -0.1) is 12.4 Å². The summed E-state index contributed by atoms with van der Waals surface area (Å²) in [4.78, 5) is 11.4. The smallest absolute Gasteiger partial charge is 0.163 e. The molecule has 176 valence electrons. The maximum atomic E-state index is 6.27. The second-order valence-electron chi connectivity index (χ2n) is 8.70. The van der Waals surface area contributed by atoms with Crippen LogP contribution in [0.1, 0.15) is 25.7 Å². The average Bonchev–Trinajstić information content (AvgIpc) is 2.99. The van der Waals surface area contributed by atoms with Crippen molar-refractivity contribution < 1.29 is 9.47 Å². The van der Waals surface area contributed by atoms with Crippen molar-refractivity contribution in [1.29, 1.82) is 0 Å². The van der Waals surface area contributed by atoms with Crippen molar-refractivity contribution in [2.45, 2.75) is 37.8 Å². The molecule has 0 amide bonds. The number of hydrogen-bond donors (Lipinski definition) is 1. The number of halogens is 3. The molecule has 6 nitrogen and oxygen atoms in total. The van der Waals surface area contributed by atoms with E-state index in [-0.39, 0.29) is 12.4 Å². The SMILES string of the molecule is COc1cc2c(Nc3ccc(Cl)c(Cl)c3)ncnc2cc1OCC1CC2CCC(C1)N2C.Cl. The van der Waals surface area contributed by atoms with Crippen LogP contribution in [-0.4, -0.2) is 47.7 Å². The highest BCUT2D eigenvalue weighted by molar-refractivity contribution is 6.42. The standard InChI is InChI=1S/C24H26Cl2N4O2.ClH/c1-30-16-4-5-17(30)8-14(7-16)12-32-23-11-21-18(10-22(23)31-2)24(28-13-27-21)29-15-3-6-19(25)20(26)9-15;/h3,6,9-11,13-14,16-17H,4-5,7-8,12H2,1-2H3,(H,27,28,29);1H. The summed E-state index contributed by atoms with van der Waals surface area (Å²) in [7, 11) is 3.91. The lowest BCUT2D eigenvalue weighted by molar-refractivity contribution is 0.101. The zero-order valence-corrected chi connectivity index (χ0v) is 20.9. The van der Waals surface area contributed by atoms with Crippen molar-refractivity contribution in [3.05, 3.63) is 46.7 Å². The van der Waals surface area contributed by atoms with Crippen LogP contribution in [0.2, 0.25) is 10.0 Å². The zero-order chi connectivity index (χ0) is 22.2. The van der Waals surface area contributed by atoms with Crippen LogP contribution >= 0.6 is 35.6 Å². The topological polar surface area (TPSA) is 59.5 Å². The highest BCUT2D eigenvalue weighted by atomic mass is 35.5. The number of rotatable bonds is 6. The maximum absolute atomic E-state index is 6.27. The van der Waals surface area contributed by atoms with E-state index >= 15 is 0 Å². The average molecular weight is 510 g/mol. The minimum Gasteiger partial charge on any atom is -0.493 e. The molecule has 1 aromatic heterocycles. The third kappa shape index (κ3) is 4.94. The Morgan fingerprint density at radius 1 is 1.03 bits per heavy atom. The molecule has 0 spiro atoms. The Hall–Kier alpha value is -1.99. The molecule has 2 unspecified atom stereocenters. The molecule has 9 heteroatoms. The summed E-state index contributed by atoms with van der Waals surface area (Å²) >= 11 is 12.2. The monoisotopic (exact) mass is 508 g/mol. The van der Waals surface area contributed by atoms with Crippen LogP contribution in [-0.2, 0) is 0 Å². The minimum absolute atomic E-state index is 0. The number of hydrogen-bond acceptors (Lipinski definition) is 6. The molecular weight excluding hydrogens is 483 g/mol. The number of anilines is 2. The molecule has 3 aromatic rings. The summed E-state index contributed by atoms with van der Waals surface area (Å²) < 4.78 is 11.9. The normalized spacial score (nSPS) is 22.1. The number of benzene rings is 2. The van der Waals surface area contributed by atoms with Crippen molar-refractivity contribution in [3.63, 3.8) is 0 Å². The Labute approximate surface area is 210 Å². The van der Waals surface area contributed by atoms with Gasteiger partial charge in [-0.3, -0.25) is 0 Å². The summed E-state index contributed by atoms with van der Waals surface area (Å²) in [5.41, 5.74) is 1.57. The molecule has 2 aliphatic heterocycles. The Morgan fingerprint density at radius 2 is 1.79 bits per heavy atom. The van der Waals surface area contributed by atoms with E-state index in [2.05, 4.69) is 27.2 Å². The minimum atomic E-state index is 0. The lowest BCUT2D eigenvalue weighted by Gasteiger charge is -2.36. The molecule has 0 saturated carbocycles. The Bertz CT molecular complexity index is 1130. The van der Waals surface area contributed by atoms with Gasteiger partial charge in [0.05, 0.1) is 29.3 Å². The molecule has 2 fully saturated rings. The van der Waals surface area contributed by atoms with Crippen LogP contribution in [0.4, 0.5) is 11.5 Å². The van der Waals surface area contributed by atoms with Gasteiger partial charge in [0, 0.05) is 29.2 Å². The number of fused-ring (bicyclic) bond motifs is 3. The number of methoxy groups -OCH3 is 1. The second-order valence-corrected chi connectivity index (χ2v) is 9.51. The number of nitrogens with zero attached hydrogens (tertiary/aromatic N) is 3. The fourth-order valence-corrected chi connectivity index (χ4v) is 5.31. The highest BCUT2D eigenvalue weighted by Crippen LogP contribution is 2.39. The van der Waals surface area contributed by atoms with Crippen LogP contribution in [0.25, 0.3) is 10.9 Å². The number of aromatic nitrogens is 2. The van der Waals surface area contributed by atoms with Gasteiger partial charge in [0.2, 0.25) is 0 Å². The molecule has 0 aliphatic carbocycles. The molecular formula is C24H27Cl3N4O2. The van der Waals surface area contributed by atoms with Crippen molar-refractivity contribution in [3.8, 4) is 11.5 Å². The number of piperidine rings is 1. The summed E-state index contributed by atoms with van der Waals surface area (Å²) in [6.07, 6.45) is 6.55. The predicted octanol–water partition coefficient (Wildman–Crippen LogP) is 6.36. The Balaban J connectivity index is 0.00000259. The van der Waals surface area contributed by atoms with E-state index in [9.17, 15) is 0 Å². The molecule has 33 heavy (non-hydrogen) atoms. The van der Waals surface area contributed by atoms with Crippen LogP contribution in [0.5, 0.6) is 11.5 Å². The summed E-state index contributed by atoms with van der Waals surface area (Å²) in [6, 6.07) is 10.6. The van der Waals surface area contributed by atoms with E-state index in [1.807, 2.05) is 18.2 Å². The summed E-state index contributed by atoms with van der Waals surface area (Å²) in [5.74, 6) is 2.61. The molecule has 2 atom stereocenters. The van der Waals surface area contributed by atoms with E-state index in [1.54, 1.807) is 19.2 Å². The van der Waals surface area contributed by atoms with Gasteiger partial charge in [0.25, 0.3) is 0 Å². The van der Waals surface area contributed by atoms with Crippen molar-refractivity contribution in [2.75, 3.05) is 26.1 Å². The van der Waals surface area contributed by atoms with Gasteiger partial charge in [-0.1, -0.05) is 23.2 Å². The summed E-state index contributed by atoms with van der Waals surface area (Å²) in [5, 5.41) is 5.11. The fourth-order valence-electron chi connectivity index (χ4n) is 5.01. The van der Waals surface area contributed by atoms with E-state index in [1.165, 1.54) is 32.0 Å². The fraction of sp³-hybridized carbons (Fsp3) is 0.417. The molecule has 1 N–H and O–H groups in total. The molecule has 2 saturated heterocycles. The molecule has 3 heterocycles. The van der Waals surface area contributed by atoms with Crippen LogP contribution in [0.3, 0.4) is 0 Å². The first-order valence-electron chi connectivity index (χ1n) is 10.9. The van der Waals surface area contributed by atoms with Gasteiger partial charge in [-0.05, 0) is 62.9 Å². The first-order valence-corrected chi connectivity index (χ1v) is 11.7. The number of ether oxygens (including phenoxy) is 2. The van der Waals surface area contributed by atoms with E-state index < -0.39 is 0 Å². The largest absolute Gasteiger partial charge is 0.493 e. The van der Waals surface area contributed by atoms with E-state index in [0.29, 0.717) is 52.0 Å². The Kier molecular flexibility index (Phi) is 7.39. The highest BCUT2D eigenvalue weighted by Gasteiger charge is 2.38. The van der Waals surface area contributed by atoms with Gasteiger partial charge in [0.1, 0.15) is 12.1 Å². The predicted molar refractivity (Wildman–Crippen MR) is 136 cm³/mol.